The summed E-state index contributed by atoms with van der Waals surface area (Å²) >= 11 is 0. The first kappa shape index (κ1) is 32.9. The van der Waals surface area contributed by atoms with E-state index in [0.29, 0.717) is 11.3 Å². The zero-order valence-electron chi connectivity index (χ0n) is 27.7. The van der Waals surface area contributed by atoms with Gasteiger partial charge in [0.1, 0.15) is 5.60 Å². The fraction of sp³-hybridized carbons (Fsp3) is 0.500. The minimum absolute atomic E-state index is 0.0195. The second kappa shape index (κ2) is 13.6. The van der Waals surface area contributed by atoms with E-state index < -0.39 is 0 Å². The molecule has 0 N–H and O–H groups in total. The van der Waals surface area contributed by atoms with Crippen molar-refractivity contribution in [2.24, 2.45) is 16.7 Å². The van der Waals surface area contributed by atoms with E-state index >= 15 is 0 Å². The van der Waals surface area contributed by atoms with Crippen LogP contribution in [0.1, 0.15) is 101 Å². The van der Waals surface area contributed by atoms with Gasteiger partial charge in [-0.2, -0.15) is 0 Å². The average molecular weight is 553 g/mol. The summed E-state index contributed by atoms with van der Waals surface area (Å²) in [7, 11) is 0. The average Bonchev–Trinajstić information content (AvgIpc) is 3.52. The highest BCUT2D eigenvalue weighted by atomic mass is 16.6. The first-order valence-electron chi connectivity index (χ1n) is 15.7. The Morgan fingerprint density at radius 2 is 1.24 bits per heavy atom. The zero-order valence-corrected chi connectivity index (χ0v) is 27.7. The van der Waals surface area contributed by atoms with Gasteiger partial charge in [0.2, 0.25) is 0 Å². The maximum absolute atomic E-state index is 6.34. The normalized spacial score (nSPS) is 31.2. The van der Waals surface area contributed by atoms with Crippen LogP contribution in [0.3, 0.4) is 0 Å². The summed E-state index contributed by atoms with van der Waals surface area (Å²) < 4.78 is 6.34. The Labute approximate surface area is 252 Å². The molecule has 3 atom stereocenters. The molecule has 0 unspecified atom stereocenters. The van der Waals surface area contributed by atoms with Crippen LogP contribution in [-0.4, -0.2) is 11.2 Å². The molecule has 41 heavy (non-hydrogen) atoms. The van der Waals surface area contributed by atoms with Crippen molar-refractivity contribution >= 4 is 0 Å². The Kier molecular flexibility index (Phi) is 10.9. The van der Waals surface area contributed by atoms with Gasteiger partial charge in [-0.3, -0.25) is 0 Å². The molecular weight excluding hydrogens is 496 g/mol. The third-order valence-corrected chi connectivity index (χ3v) is 9.58. The molecule has 0 spiro atoms. The van der Waals surface area contributed by atoms with E-state index in [0.717, 1.165) is 6.42 Å². The molecule has 1 saturated carbocycles. The molecule has 1 heteroatoms. The molecule has 3 aliphatic rings. The third-order valence-electron chi connectivity index (χ3n) is 9.58. The summed E-state index contributed by atoms with van der Waals surface area (Å²) in [5, 5.41) is 0. The van der Waals surface area contributed by atoms with Crippen LogP contribution >= 0.6 is 0 Å². The van der Waals surface area contributed by atoms with Gasteiger partial charge < -0.3 is 4.74 Å². The van der Waals surface area contributed by atoms with Gasteiger partial charge in [0, 0.05) is 11.3 Å². The highest BCUT2D eigenvalue weighted by Gasteiger charge is 2.73. The van der Waals surface area contributed by atoms with Gasteiger partial charge >= 0.3 is 0 Å². The van der Waals surface area contributed by atoms with Crippen LogP contribution in [0.25, 0.3) is 0 Å². The lowest BCUT2D eigenvalue weighted by Crippen LogP contribution is -2.41. The molecule has 1 nitrogen and oxygen atoms in total. The number of ether oxygens (including phenoxy) is 1. The zero-order chi connectivity index (χ0) is 30.3. The number of fused-ring (bicyclic) bond motifs is 1. The van der Waals surface area contributed by atoms with Gasteiger partial charge in [-0.05, 0) is 85.1 Å². The molecule has 1 heterocycles. The van der Waals surface area contributed by atoms with Crippen LogP contribution in [0.2, 0.25) is 0 Å². The molecule has 222 valence electrons. The minimum atomic E-state index is -0.104. The van der Waals surface area contributed by atoms with Crippen LogP contribution in [-0.2, 0) is 4.74 Å². The van der Waals surface area contributed by atoms with E-state index in [1.807, 2.05) is 0 Å². The number of hydrogen-bond donors (Lipinski definition) is 0. The Hall–Kier alpha value is -2.64. The van der Waals surface area contributed by atoms with E-state index in [1.54, 1.807) is 0 Å². The largest absolute Gasteiger partial charge is 0.358 e. The molecular formula is C40H56O. The van der Waals surface area contributed by atoms with Gasteiger partial charge in [0.05, 0.1) is 5.60 Å². The predicted molar refractivity (Wildman–Crippen MR) is 181 cm³/mol. The van der Waals surface area contributed by atoms with Gasteiger partial charge in [-0.1, -0.05) is 141 Å². The van der Waals surface area contributed by atoms with Gasteiger partial charge in [0.15, 0.2) is 0 Å². The topological polar surface area (TPSA) is 12.5 Å². The summed E-state index contributed by atoms with van der Waals surface area (Å²) in [6, 6.07) is 0. The van der Waals surface area contributed by atoms with Gasteiger partial charge in [-0.25, -0.2) is 0 Å². The maximum Gasteiger partial charge on any atom is 0.121 e. The Bertz CT molecular complexity index is 1250. The molecule has 0 amide bonds. The maximum atomic E-state index is 6.34. The quantitative estimate of drug-likeness (QED) is 0.149. The minimum Gasteiger partial charge on any atom is -0.358 e. The van der Waals surface area contributed by atoms with E-state index in [9.17, 15) is 0 Å². The van der Waals surface area contributed by atoms with Crippen molar-refractivity contribution in [3.63, 3.8) is 0 Å². The van der Waals surface area contributed by atoms with Crippen LogP contribution in [0.5, 0.6) is 0 Å². The molecule has 0 aromatic heterocycles. The second-order valence-corrected chi connectivity index (χ2v) is 14.2. The molecule has 0 radical (unpaired) electrons. The van der Waals surface area contributed by atoms with Crippen molar-refractivity contribution < 1.29 is 4.74 Å². The van der Waals surface area contributed by atoms with Crippen molar-refractivity contribution in [1.29, 1.82) is 0 Å². The van der Waals surface area contributed by atoms with Crippen molar-refractivity contribution in [2.45, 2.75) is 113 Å². The molecule has 1 aliphatic heterocycles. The molecule has 2 fully saturated rings. The monoisotopic (exact) mass is 552 g/mol. The number of epoxide rings is 1. The van der Waals surface area contributed by atoms with Crippen molar-refractivity contribution in [2.75, 3.05) is 0 Å². The summed E-state index contributed by atoms with van der Waals surface area (Å²) in [6.45, 7) is 22.6. The van der Waals surface area contributed by atoms with Crippen molar-refractivity contribution in [3.8, 4) is 0 Å². The molecule has 0 aromatic rings. The Morgan fingerprint density at radius 3 is 1.80 bits per heavy atom. The Balaban J connectivity index is 1.48. The van der Waals surface area contributed by atoms with E-state index in [-0.39, 0.29) is 16.6 Å². The molecule has 0 aromatic carbocycles. The van der Waals surface area contributed by atoms with Crippen LogP contribution in [0.15, 0.2) is 119 Å². The van der Waals surface area contributed by atoms with E-state index in [2.05, 4.69) is 160 Å². The molecule has 2 aliphatic carbocycles. The van der Waals surface area contributed by atoms with Crippen LogP contribution in [0, 0.1) is 16.7 Å². The number of hydrogen-bond acceptors (Lipinski definition) is 1. The highest BCUT2D eigenvalue weighted by molar-refractivity contribution is 5.36. The summed E-state index contributed by atoms with van der Waals surface area (Å²) in [6.07, 6.45) is 39.2. The fourth-order valence-corrected chi connectivity index (χ4v) is 6.73. The smallest absolute Gasteiger partial charge is 0.121 e. The van der Waals surface area contributed by atoms with Crippen molar-refractivity contribution in [1.82, 2.24) is 0 Å². The predicted octanol–water partition coefficient (Wildman–Crippen LogP) is 11.7. The van der Waals surface area contributed by atoms with Crippen LogP contribution in [0.4, 0.5) is 0 Å². The molecule has 1 saturated heterocycles. The SMILES string of the molecule is CC1=CCCC(C)(C)[C@H]1/C=C/C(C)=C/C=C/C(C)=C/C=C/C=C(C)/C=C/C=C(C)/C=C/[C@@]12O[C@]1(C)CCCC2(C)C. The first-order chi connectivity index (χ1) is 19.2. The summed E-state index contributed by atoms with van der Waals surface area (Å²) in [4.78, 5) is 0. The van der Waals surface area contributed by atoms with Crippen molar-refractivity contribution in [3.05, 3.63) is 119 Å². The highest BCUT2D eigenvalue weighted by Crippen LogP contribution is 2.66. The van der Waals surface area contributed by atoms with Crippen LogP contribution < -0.4 is 0 Å². The van der Waals surface area contributed by atoms with Gasteiger partial charge in [-0.15, -0.1) is 0 Å². The van der Waals surface area contributed by atoms with Gasteiger partial charge in [0.25, 0.3) is 0 Å². The standard InChI is InChI=1S/C40H56O/c1-31(19-13-21-33(3)24-25-36-35(5)23-15-27-37(36,6)7)17-11-12-18-32(2)20-14-22-34(4)26-30-40-38(8,9)28-16-29-39(40,10)41-40/h11-14,17-26,30,36H,15-16,27-29H2,1-10H3/b12-11+,19-13+,20-14+,25-24+,30-26+,31-17+,32-18+,33-21+,34-22+/t36-,39+,40-/m0/s1. The number of allylic oxidation sites excluding steroid dienone is 19. The fourth-order valence-electron chi connectivity index (χ4n) is 6.73. The third kappa shape index (κ3) is 8.45. The summed E-state index contributed by atoms with van der Waals surface area (Å²) in [5.41, 5.74) is 6.92. The number of rotatable bonds is 10. The molecule has 3 rings (SSSR count). The second-order valence-electron chi connectivity index (χ2n) is 14.2. The van der Waals surface area contributed by atoms with E-state index in [4.69, 9.17) is 4.74 Å². The summed E-state index contributed by atoms with van der Waals surface area (Å²) in [5.74, 6) is 0.529. The lowest BCUT2D eigenvalue weighted by atomic mass is 9.64. The molecule has 0 bridgehead atoms. The lowest BCUT2D eigenvalue weighted by Gasteiger charge is -2.36. The first-order valence-corrected chi connectivity index (χ1v) is 15.7. The Morgan fingerprint density at radius 1 is 0.707 bits per heavy atom. The van der Waals surface area contributed by atoms with E-state index in [1.165, 1.54) is 53.5 Å². The lowest BCUT2D eigenvalue weighted by molar-refractivity contribution is 0.166.